The van der Waals surface area contributed by atoms with E-state index in [1.807, 2.05) is 6.07 Å². The van der Waals surface area contributed by atoms with Gasteiger partial charge in [0.2, 0.25) is 0 Å². The number of nitrogens with two attached hydrogens (primary N) is 1. The molecule has 1 aromatic rings. The Morgan fingerprint density at radius 1 is 1.47 bits per heavy atom. The van der Waals surface area contributed by atoms with Crippen LogP contribution in [0.25, 0.3) is 0 Å². The lowest BCUT2D eigenvalue weighted by Crippen LogP contribution is -2.20. The summed E-state index contributed by atoms with van der Waals surface area (Å²) in [6.07, 6.45) is 4.81. The molecular weight excluding hydrogens is 213 g/mol. The van der Waals surface area contributed by atoms with Crippen LogP contribution in [0.1, 0.15) is 37.3 Å². The van der Waals surface area contributed by atoms with E-state index in [0.29, 0.717) is 0 Å². The second-order valence-corrected chi connectivity index (χ2v) is 4.72. The van der Waals surface area contributed by atoms with Gasteiger partial charge >= 0.3 is 0 Å². The Labute approximate surface area is 94.4 Å². The third-order valence-electron chi connectivity index (χ3n) is 3.18. The Morgan fingerprint density at radius 2 is 2.20 bits per heavy atom. The number of halogens is 2. The molecule has 1 fully saturated rings. The van der Waals surface area contributed by atoms with Crippen LogP contribution in [0.2, 0.25) is 5.02 Å². The van der Waals surface area contributed by atoms with Crippen molar-refractivity contribution >= 4 is 11.6 Å². The third kappa shape index (κ3) is 2.50. The predicted octanol–water partition coefficient (Wildman–Crippen LogP) is 3.67. The van der Waals surface area contributed by atoms with Crippen LogP contribution in [0.5, 0.6) is 0 Å². The number of hydrogen-bond donors (Lipinski definition) is 1. The molecule has 15 heavy (non-hydrogen) atoms. The van der Waals surface area contributed by atoms with E-state index in [-0.39, 0.29) is 16.9 Å². The predicted molar refractivity (Wildman–Crippen MR) is 60.3 cm³/mol. The van der Waals surface area contributed by atoms with Crippen molar-refractivity contribution in [3.8, 4) is 0 Å². The fourth-order valence-electron chi connectivity index (χ4n) is 1.97. The van der Waals surface area contributed by atoms with Crippen molar-refractivity contribution in [1.29, 1.82) is 0 Å². The summed E-state index contributed by atoms with van der Waals surface area (Å²) in [4.78, 5) is 0. The summed E-state index contributed by atoms with van der Waals surface area (Å²) in [6.45, 7) is 0. The van der Waals surface area contributed by atoms with Crippen molar-refractivity contribution in [2.75, 3.05) is 0 Å². The Morgan fingerprint density at radius 3 is 2.73 bits per heavy atom. The normalized spacial score (nSPS) is 18.6. The standard InChI is InChI=1S/C12H15ClFN/c13-10-5-4-9(7-11(10)14)12(15)6-8-2-1-3-8/h4-5,7-8,12H,1-3,6,15H2. The minimum atomic E-state index is -0.377. The minimum absolute atomic E-state index is 0.0536. The first-order valence-electron chi connectivity index (χ1n) is 5.37. The summed E-state index contributed by atoms with van der Waals surface area (Å²) in [5.74, 6) is 0.358. The van der Waals surface area contributed by atoms with E-state index in [4.69, 9.17) is 17.3 Å². The van der Waals surface area contributed by atoms with E-state index in [1.165, 1.54) is 25.3 Å². The highest BCUT2D eigenvalue weighted by atomic mass is 35.5. The molecule has 82 valence electrons. The molecule has 1 saturated carbocycles. The molecule has 1 aliphatic rings. The van der Waals surface area contributed by atoms with E-state index in [9.17, 15) is 4.39 Å². The molecule has 1 aliphatic carbocycles. The first-order chi connectivity index (χ1) is 7.16. The van der Waals surface area contributed by atoms with Crippen LogP contribution in [0.3, 0.4) is 0 Å². The van der Waals surface area contributed by atoms with Gasteiger partial charge in [0.15, 0.2) is 0 Å². The minimum Gasteiger partial charge on any atom is -0.324 e. The van der Waals surface area contributed by atoms with Gasteiger partial charge < -0.3 is 5.73 Å². The summed E-state index contributed by atoms with van der Waals surface area (Å²) < 4.78 is 13.2. The highest BCUT2D eigenvalue weighted by Crippen LogP contribution is 2.34. The van der Waals surface area contributed by atoms with Crippen molar-refractivity contribution < 1.29 is 4.39 Å². The molecule has 0 heterocycles. The molecule has 0 radical (unpaired) electrons. The van der Waals surface area contributed by atoms with Crippen LogP contribution < -0.4 is 5.73 Å². The molecule has 0 bridgehead atoms. The maximum absolute atomic E-state index is 13.2. The lowest BCUT2D eigenvalue weighted by molar-refractivity contribution is 0.277. The smallest absolute Gasteiger partial charge is 0.142 e. The van der Waals surface area contributed by atoms with Crippen LogP contribution in [0.4, 0.5) is 4.39 Å². The number of benzene rings is 1. The van der Waals surface area contributed by atoms with Crippen molar-refractivity contribution in [3.63, 3.8) is 0 Å². The molecule has 0 aromatic heterocycles. The summed E-state index contributed by atoms with van der Waals surface area (Å²) in [5, 5.41) is 0.162. The summed E-state index contributed by atoms with van der Waals surface area (Å²) in [5.41, 5.74) is 6.87. The van der Waals surface area contributed by atoms with Crippen LogP contribution in [-0.2, 0) is 0 Å². The fraction of sp³-hybridized carbons (Fsp3) is 0.500. The molecule has 1 unspecified atom stereocenters. The molecule has 3 heteroatoms. The first kappa shape index (κ1) is 10.9. The highest BCUT2D eigenvalue weighted by molar-refractivity contribution is 6.30. The number of hydrogen-bond acceptors (Lipinski definition) is 1. The van der Waals surface area contributed by atoms with Gasteiger partial charge in [0.25, 0.3) is 0 Å². The zero-order valence-electron chi connectivity index (χ0n) is 8.55. The molecule has 0 amide bonds. The maximum atomic E-state index is 13.2. The summed E-state index contributed by atoms with van der Waals surface area (Å²) in [6, 6.07) is 4.79. The van der Waals surface area contributed by atoms with Crippen molar-refractivity contribution in [3.05, 3.63) is 34.6 Å². The van der Waals surface area contributed by atoms with E-state index >= 15 is 0 Å². The summed E-state index contributed by atoms with van der Waals surface area (Å²) in [7, 11) is 0. The van der Waals surface area contributed by atoms with Gasteiger partial charge in [-0.05, 0) is 30.0 Å². The molecule has 0 aliphatic heterocycles. The van der Waals surface area contributed by atoms with Gasteiger partial charge in [0, 0.05) is 6.04 Å². The van der Waals surface area contributed by atoms with Gasteiger partial charge in [-0.2, -0.15) is 0 Å². The second-order valence-electron chi connectivity index (χ2n) is 4.31. The topological polar surface area (TPSA) is 26.0 Å². The zero-order valence-corrected chi connectivity index (χ0v) is 9.30. The quantitative estimate of drug-likeness (QED) is 0.838. The van der Waals surface area contributed by atoms with E-state index in [1.54, 1.807) is 6.07 Å². The molecular formula is C12H15ClFN. The van der Waals surface area contributed by atoms with Crippen molar-refractivity contribution in [1.82, 2.24) is 0 Å². The highest BCUT2D eigenvalue weighted by Gasteiger charge is 2.21. The molecule has 2 N–H and O–H groups in total. The van der Waals surface area contributed by atoms with Crippen LogP contribution >= 0.6 is 11.6 Å². The van der Waals surface area contributed by atoms with E-state index < -0.39 is 0 Å². The Balaban J connectivity index is 2.03. The monoisotopic (exact) mass is 227 g/mol. The summed E-state index contributed by atoms with van der Waals surface area (Å²) >= 11 is 5.61. The van der Waals surface area contributed by atoms with Gasteiger partial charge in [-0.1, -0.05) is 36.9 Å². The third-order valence-corrected chi connectivity index (χ3v) is 3.49. The number of rotatable bonds is 3. The molecule has 1 aromatic carbocycles. The molecule has 0 spiro atoms. The second kappa shape index (κ2) is 4.50. The molecule has 1 atom stereocenters. The van der Waals surface area contributed by atoms with Crippen LogP contribution in [0, 0.1) is 11.7 Å². The van der Waals surface area contributed by atoms with Gasteiger partial charge in [-0.15, -0.1) is 0 Å². The lowest BCUT2D eigenvalue weighted by atomic mass is 9.80. The fourth-order valence-corrected chi connectivity index (χ4v) is 2.08. The SMILES string of the molecule is NC(CC1CCC1)c1ccc(Cl)c(F)c1. The van der Waals surface area contributed by atoms with Crippen molar-refractivity contribution in [2.45, 2.75) is 31.7 Å². The molecule has 1 nitrogen and oxygen atoms in total. The zero-order chi connectivity index (χ0) is 10.8. The van der Waals surface area contributed by atoms with E-state index in [0.717, 1.165) is 17.9 Å². The first-order valence-corrected chi connectivity index (χ1v) is 5.75. The van der Waals surface area contributed by atoms with Gasteiger partial charge in [-0.25, -0.2) is 4.39 Å². The Bertz CT molecular complexity index is 349. The Kier molecular flexibility index (Phi) is 3.27. The van der Waals surface area contributed by atoms with E-state index in [2.05, 4.69) is 0 Å². The van der Waals surface area contributed by atoms with Crippen LogP contribution in [-0.4, -0.2) is 0 Å². The molecule has 0 saturated heterocycles. The van der Waals surface area contributed by atoms with Gasteiger partial charge in [0.1, 0.15) is 5.82 Å². The van der Waals surface area contributed by atoms with Gasteiger partial charge in [0.05, 0.1) is 5.02 Å². The van der Waals surface area contributed by atoms with Gasteiger partial charge in [-0.3, -0.25) is 0 Å². The Hall–Kier alpha value is -0.600. The largest absolute Gasteiger partial charge is 0.324 e. The maximum Gasteiger partial charge on any atom is 0.142 e. The molecule has 2 rings (SSSR count). The average Bonchev–Trinajstić information content (AvgIpc) is 2.15. The average molecular weight is 228 g/mol. The lowest BCUT2D eigenvalue weighted by Gasteiger charge is -2.28. The van der Waals surface area contributed by atoms with Crippen LogP contribution in [0.15, 0.2) is 18.2 Å². The van der Waals surface area contributed by atoms with Crippen molar-refractivity contribution in [2.24, 2.45) is 11.7 Å².